The van der Waals surface area contributed by atoms with Crippen LogP contribution in [0, 0.1) is 12.8 Å². The number of rotatable bonds is 5. The molecule has 0 bridgehead atoms. The number of nitrogens with one attached hydrogen (secondary N) is 2. The zero-order valence-corrected chi connectivity index (χ0v) is 18.8. The highest BCUT2D eigenvalue weighted by Crippen LogP contribution is 2.17. The van der Waals surface area contributed by atoms with E-state index in [4.69, 9.17) is 4.74 Å². The lowest BCUT2D eigenvalue weighted by atomic mass is 9.94. The number of benzene rings is 1. The second-order valence-electron chi connectivity index (χ2n) is 7.57. The van der Waals surface area contributed by atoms with Gasteiger partial charge in [0.2, 0.25) is 0 Å². The monoisotopic (exact) mass is 450 g/mol. The van der Waals surface area contributed by atoms with Crippen LogP contribution in [0.1, 0.15) is 35.0 Å². The van der Waals surface area contributed by atoms with E-state index in [-0.39, 0.29) is 36.8 Å². The molecule has 0 radical (unpaired) electrons. The first-order chi connectivity index (χ1) is 13.6. The number of pyridine rings is 1. The van der Waals surface area contributed by atoms with E-state index in [2.05, 4.69) is 29.5 Å². The Morgan fingerprint density at radius 2 is 2.10 bits per heavy atom. The molecule has 1 fully saturated rings. The number of nitrogens with zero attached hydrogens (tertiary/aromatic N) is 2. The molecular weight excluding hydrogens is 423 g/mol. The number of ether oxygens (including phenoxy) is 1. The molecule has 2 N–H and O–H groups in total. The minimum atomic E-state index is -0.0609. The van der Waals surface area contributed by atoms with Gasteiger partial charge in [-0.25, -0.2) is 4.98 Å². The number of aromatic nitrogens is 2. The quantitative estimate of drug-likeness (QED) is 0.620. The molecular formula is C22H28Cl2N4O2. The molecule has 6 nitrogen and oxygen atoms in total. The first kappa shape index (κ1) is 24.0. The van der Waals surface area contributed by atoms with Crippen LogP contribution in [0.4, 0.5) is 0 Å². The number of imidazole rings is 1. The van der Waals surface area contributed by atoms with E-state index in [0.29, 0.717) is 23.8 Å². The molecule has 2 atom stereocenters. The van der Waals surface area contributed by atoms with Gasteiger partial charge in [0.15, 0.2) is 0 Å². The van der Waals surface area contributed by atoms with Gasteiger partial charge in [-0.2, -0.15) is 0 Å². The van der Waals surface area contributed by atoms with Crippen LogP contribution in [-0.4, -0.2) is 34.4 Å². The third-order valence-corrected chi connectivity index (χ3v) is 5.28. The van der Waals surface area contributed by atoms with Crippen molar-refractivity contribution in [2.45, 2.75) is 32.9 Å². The van der Waals surface area contributed by atoms with Crippen molar-refractivity contribution in [3.05, 3.63) is 65.6 Å². The van der Waals surface area contributed by atoms with Gasteiger partial charge in [-0.3, -0.25) is 4.79 Å². The number of piperidine rings is 1. The van der Waals surface area contributed by atoms with Crippen LogP contribution in [0.3, 0.4) is 0 Å². The lowest BCUT2D eigenvalue weighted by Gasteiger charge is -2.30. The normalized spacial score (nSPS) is 18.2. The van der Waals surface area contributed by atoms with Crippen molar-refractivity contribution in [1.29, 1.82) is 0 Å². The summed E-state index contributed by atoms with van der Waals surface area (Å²) in [4.78, 5) is 17.2. The molecule has 2 aromatic heterocycles. The van der Waals surface area contributed by atoms with E-state index in [1.165, 1.54) is 5.56 Å². The summed E-state index contributed by atoms with van der Waals surface area (Å²) in [6.07, 6.45) is 5.08. The third-order valence-electron chi connectivity index (χ3n) is 5.28. The Morgan fingerprint density at radius 1 is 1.27 bits per heavy atom. The fraction of sp³-hybridized carbons (Fsp3) is 0.364. The molecule has 0 saturated carbocycles. The summed E-state index contributed by atoms with van der Waals surface area (Å²) in [5.41, 5.74) is 3.54. The van der Waals surface area contributed by atoms with E-state index < -0.39 is 0 Å². The topological polar surface area (TPSA) is 67.7 Å². The molecule has 3 aromatic rings. The van der Waals surface area contributed by atoms with Gasteiger partial charge in [-0.05, 0) is 55.6 Å². The highest BCUT2D eigenvalue weighted by Gasteiger charge is 2.23. The second-order valence-corrected chi connectivity index (χ2v) is 7.57. The fourth-order valence-electron chi connectivity index (χ4n) is 3.54. The smallest absolute Gasteiger partial charge is 0.251 e. The Hall–Kier alpha value is -2.28. The van der Waals surface area contributed by atoms with E-state index in [0.717, 1.165) is 30.9 Å². The molecule has 1 aliphatic rings. The zero-order chi connectivity index (χ0) is 19.5. The van der Waals surface area contributed by atoms with Crippen molar-refractivity contribution in [3.8, 4) is 5.75 Å². The molecule has 0 spiro atoms. The molecule has 2 unspecified atom stereocenters. The average Bonchev–Trinajstić information content (AvgIpc) is 3.10. The summed E-state index contributed by atoms with van der Waals surface area (Å²) in [5.74, 6) is 1.08. The first-order valence-electron chi connectivity index (χ1n) is 9.77. The molecule has 8 heteroatoms. The third kappa shape index (κ3) is 5.65. The molecule has 1 aromatic carbocycles. The number of aryl methyl sites for hydroxylation is 1. The maximum Gasteiger partial charge on any atom is 0.251 e. The average molecular weight is 451 g/mol. The van der Waals surface area contributed by atoms with Crippen LogP contribution in [0.15, 0.2) is 48.8 Å². The Bertz CT molecular complexity index is 992. The van der Waals surface area contributed by atoms with Gasteiger partial charge in [0, 0.05) is 30.5 Å². The fourth-order valence-corrected chi connectivity index (χ4v) is 3.54. The van der Waals surface area contributed by atoms with Gasteiger partial charge in [-0.15, -0.1) is 24.8 Å². The van der Waals surface area contributed by atoms with E-state index in [1.807, 2.05) is 47.1 Å². The summed E-state index contributed by atoms with van der Waals surface area (Å²) in [6.45, 7) is 6.42. The Balaban J connectivity index is 0.00000160. The minimum Gasteiger partial charge on any atom is -0.487 e. The van der Waals surface area contributed by atoms with E-state index in [9.17, 15) is 4.79 Å². The van der Waals surface area contributed by atoms with Crippen molar-refractivity contribution in [1.82, 2.24) is 20.0 Å². The predicted octanol–water partition coefficient (Wildman–Crippen LogP) is 3.79. The molecule has 1 amide bonds. The van der Waals surface area contributed by atoms with E-state index in [1.54, 1.807) is 6.07 Å². The number of halogens is 2. The van der Waals surface area contributed by atoms with Crippen LogP contribution >= 0.6 is 24.8 Å². The standard InChI is InChI=1S/C22H26N4O2.2ClH/c1-15-6-7-21-24-18(13-26(21)12-15)14-28-19-5-3-4-17(10-19)22(27)25-20-11-23-9-8-16(20)2;;/h3-7,10,12-13,16,20,23H,8-9,11,14H2,1-2H3,(H,25,27);2*1H. The van der Waals surface area contributed by atoms with Crippen LogP contribution < -0.4 is 15.4 Å². The Kier molecular flexibility index (Phi) is 8.53. The first-order valence-corrected chi connectivity index (χ1v) is 9.77. The van der Waals surface area contributed by atoms with Gasteiger partial charge in [0.25, 0.3) is 5.91 Å². The second kappa shape index (κ2) is 10.7. The van der Waals surface area contributed by atoms with Crippen molar-refractivity contribution in [2.24, 2.45) is 5.92 Å². The van der Waals surface area contributed by atoms with Gasteiger partial charge >= 0.3 is 0 Å². The molecule has 30 heavy (non-hydrogen) atoms. The van der Waals surface area contributed by atoms with Gasteiger partial charge in [0.05, 0.1) is 5.69 Å². The SMILES string of the molecule is Cc1ccc2nc(COc3cccc(C(=O)NC4CNCCC4C)c3)cn2c1.Cl.Cl. The lowest BCUT2D eigenvalue weighted by molar-refractivity contribution is 0.0914. The molecule has 1 aliphatic heterocycles. The largest absolute Gasteiger partial charge is 0.487 e. The highest BCUT2D eigenvalue weighted by atomic mass is 35.5. The number of carbonyl (C=O) groups excluding carboxylic acids is 1. The molecule has 1 saturated heterocycles. The van der Waals surface area contributed by atoms with Crippen molar-refractivity contribution in [2.75, 3.05) is 13.1 Å². The number of hydrogen-bond acceptors (Lipinski definition) is 4. The Morgan fingerprint density at radius 3 is 2.90 bits per heavy atom. The van der Waals surface area contributed by atoms with Crippen LogP contribution in [-0.2, 0) is 6.61 Å². The van der Waals surface area contributed by atoms with Crippen LogP contribution in [0.2, 0.25) is 0 Å². The predicted molar refractivity (Wildman–Crippen MR) is 123 cm³/mol. The number of amides is 1. The van der Waals surface area contributed by atoms with Crippen LogP contribution in [0.25, 0.3) is 5.65 Å². The summed E-state index contributed by atoms with van der Waals surface area (Å²) in [5, 5.41) is 6.47. The Labute approximate surface area is 189 Å². The number of carbonyl (C=O) groups is 1. The molecule has 4 rings (SSSR count). The summed E-state index contributed by atoms with van der Waals surface area (Å²) in [7, 11) is 0. The maximum atomic E-state index is 12.6. The maximum absolute atomic E-state index is 12.6. The lowest BCUT2D eigenvalue weighted by Crippen LogP contribution is -2.50. The number of hydrogen-bond donors (Lipinski definition) is 2. The van der Waals surface area contributed by atoms with Crippen molar-refractivity contribution in [3.63, 3.8) is 0 Å². The van der Waals surface area contributed by atoms with Gasteiger partial charge in [0.1, 0.15) is 18.0 Å². The van der Waals surface area contributed by atoms with Crippen LogP contribution in [0.5, 0.6) is 5.75 Å². The van der Waals surface area contributed by atoms with Gasteiger partial charge < -0.3 is 19.8 Å². The molecule has 0 aliphatic carbocycles. The zero-order valence-electron chi connectivity index (χ0n) is 17.1. The minimum absolute atomic E-state index is 0. The summed E-state index contributed by atoms with van der Waals surface area (Å²) >= 11 is 0. The van der Waals surface area contributed by atoms with Crippen molar-refractivity contribution < 1.29 is 9.53 Å². The number of fused-ring (bicyclic) bond motifs is 1. The van der Waals surface area contributed by atoms with Crippen molar-refractivity contribution >= 4 is 36.4 Å². The van der Waals surface area contributed by atoms with Gasteiger partial charge in [-0.1, -0.05) is 19.1 Å². The summed E-state index contributed by atoms with van der Waals surface area (Å²) in [6, 6.07) is 11.5. The molecule has 162 valence electrons. The molecule has 3 heterocycles. The highest BCUT2D eigenvalue weighted by molar-refractivity contribution is 5.94. The van der Waals surface area contributed by atoms with E-state index >= 15 is 0 Å². The summed E-state index contributed by atoms with van der Waals surface area (Å²) < 4.78 is 7.88.